The van der Waals surface area contributed by atoms with E-state index in [2.05, 4.69) is 68.6 Å². The highest BCUT2D eigenvalue weighted by Crippen LogP contribution is 2.44. The van der Waals surface area contributed by atoms with E-state index in [1.807, 2.05) is 11.3 Å². The average Bonchev–Trinajstić information content (AvgIpc) is 3.82. The predicted octanol–water partition coefficient (Wildman–Crippen LogP) is 11.3. The summed E-state index contributed by atoms with van der Waals surface area (Å²) >= 11 is 15.0. The normalized spacial score (nSPS) is 13.2. The van der Waals surface area contributed by atoms with Gasteiger partial charge in [0.2, 0.25) is 0 Å². The van der Waals surface area contributed by atoms with E-state index in [9.17, 15) is 20.0 Å². The number of unbranched alkanes of at least 4 members (excludes halogenated alkanes) is 1. The first kappa shape index (κ1) is 35.9. The number of carboxylic acids is 1. The van der Waals surface area contributed by atoms with Crippen LogP contribution in [-0.2, 0) is 20.9 Å². The van der Waals surface area contributed by atoms with E-state index in [1.165, 1.54) is 46.6 Å². The van der Waals surface area contributed by atoms with Crippen molar-refractivity contribution in [3.8, 4) is 35.3 Å². The molecule has 4 aromatic rings. The Kier molecular flexibility index (Phi) is 13.3. The molecule has 0 radical (unpaired) electrons. The number of carbonyl (C=O) groups excluding carboxylic acids is 1. The van der Waals surface area contributed by atoms with Crippen molar-refractivity contribution >= 4 is 96.6 Å². The Morgan fingerprint density at radius 2 is 1.71 bits per heavy atom. The average molecular weight is 734 g/mol. The molecule has 0 saturated heterocycles. The van der Waals surface area contributed by atoms with Crippen LogP contribution in [0.15, 0.2) is 41.8 Å². The van der Waals surface area contributed by atoms with Crippen molar-refractivity contribution in [3.63, 3.8) is 0 Å². The molecule has 2 atom stereocenters. The Bertz CT molecular complexity index is 1670. The number of esters is 1. The monoisotopic (exact) mass is 733 g/mol. The second-order valence-corrected chi connectivity index (χ2v) is 18.6. The second-order valence-electron chi connectivity index (χ2n) is 10.9. The zero-order valence-electron chi connectivity index (χ0n) is 25.5. The van der Waals surface area contributed by atoms with Gasteiger partial charge in [0.15, 0.2) is 0 Å². The van der Waals surface area contributed by atoms with Gasteiger partial charge in [-0.15, -0.1) is 57.1 Å². The van der Waals surface area contributed by atoms with Crippen molar-refractivity contribution < 1.29 is 19.4 Å². The summed E-state index contributed by atoms with van der Waals surface area (Å²) in [6.45, 7) is 8.18. The number of nitrogens with zero attached hydrogens (tertiary/aromatic N) is 1. The lowest BCUT2D eigenvalue weighted by atomic mass is 9.82. The highest BCUT2D eigenvalue weighted by Gasteiger charge is 2.33. The van der Waals surface area contributed by atoms with Gasteiger partial charge in [-0.2, -0.15) is 5.26 Å². The van der Waals surface area contributed by atoms with Crippen LogP contribution < -0.4 is 0 Å². The van der Waals surface area contributed by atoms with Crippen LogP contribution in [0.3, 0.4) is 0 Å². The number of carbonyl (C=O) groups is 2. The number of ether oxygens (including phenoxy) is 1. The molecule has 0 aliphatic carbocycles. The van der Waals surface area contributed by atoms with Crippen molar-refractivity contribution in [3.05, 3.63) is 57.8 Å². The molecule has 2 unspecified atom stereocenters. The van der Waals surface area contributed by atoms with Gasteiger partial charge in [-0.25, -0.2) is 0 Å². The molecule has 0 bridgehead atoms. The molecule has 238 valence electrons. The smallest absolute Gasteiger partial charge is 0.317 e. The van der Waals surface area contributed by atoms with Crippen LogP contribution in [-0.4, -0.2) is 31.6 Å². The van der Waals surface area contributed by atoms with Crippen molar-refractivity contribution in [2.75, 3.05) is 5.75 Å². The Labute approximate surface area is 295 Å². The van der Waals surface area contributed by atoms with Gasteiger partial charge in [0, 0.05) is 40.6 Å². The van der Waals surface area contributed by atoms with Crippen LogP contribution in [0.5, 0.6) is 0 Å². The number of hydrogen-bond donors (Lipinski definition) is 1. The maximum atomic E-state index is 12.7. The van der Waals surface area contributed by atoms with Gasteiger partial charge in [-0.05, 0) is 98.7 Å². The van der Waals surface area contributed by atoms with E-state index >= 15 is 0 Å². The van der Waals surface area contributed by atoms with Crippen LogP contribution in [0.4, 0.5) is 0 Å². The number of hydrogen-bond acceptors (Lipinski definition) is 11. The fourth-order valence-electron chi connectivity index (χ4n) is 4.52. The molecule has 4 heterocycles. The fourth-order valence-corrected chi connectivity index (χ4v) is 11.9. The van der Waals surface area contributed by atoms with Crippen LogP contribution in [0, 0.1) is 30.6 Å². The number of thioether (sulfide) groups is 2. The van der Waals surface area contributed by atoms with Gasteiger partial charge in [0.05, 0.1) is 11.5 Å². The standard InChI is InChI=1S/C33H35NO4S7/c1-5-6-14-41-32(39)45-27(31(36)37)17-33(4,19-34)13-11-28(35)38-18-22-16-21(3)30(42-22)26-10-8-24(44-26)23-7-9-25(43-23)29-20(2)12-15-40-29/h7-10,12,15-16,27H,5-6,11,13-14,17-18H2,1-4H3,(H,36,37). The van der Waals surface area contributed by atoms with Crippen LogP contribution >= 0.6 is 81.1 Å². The zero-order valence-corrected chi connectivity index (χ0v) is 31.3. The largest absolute Gasteiger partial charge is 0.480 e. The quantitative estimate of drug-likeness (QED) is 0.0734. The molecule has 1 N–H and O–H groups in total. The Balaban J connectivity index is 1.30. The number of rotatable bonds is 15. The van der Waals surface area contributed by atoms with E-state index < -0.39 is 22.6 Å². The molecule has 0 aromatic carbocycles. The first-order chi connectivity index (χ1) is 21.5. The van der Waals surface area contributed by atoms with Crippen LogP contribution in [0.25, 0.3) is 29.3 Å². The summed E-state index contributed by atoms with van der Waals surface area (Å²) in [5, 5.41) is 20.9. The first-order valence-electron chi connectivity index (χ1n) is 14.5. The zero-order chi connectivity index (χ0) is 32.6. The Morgan fingerprint density at radius 3 is 2.31 bits per heavy atom. The Hall–Kier alpha value is -1.98. The van der Waals surface area contributed by atoms with E-state index in [-0.39, 0.29) is 25.9 Å². The first-order valence-corrected chi connectivity index (χ1v) is 20.1. The molecule has 0 saturated carbocycles. The minimum absolute atomic E-state index is 0.0378. The summed E-state index contributed by atoms with van der Waals surface area (Å²) in [6.07, 6.45) is 2.40. The van der Waals surface area contributed by atoms with Gasteiger partial charge in [0.1, 0.15) is 15.4 Å². The third kappa shape index (κ3) is 10.0. The van der Waals surface area contributed by atoms with Gasteiger partial charge >= 0.3 is 11.9 Å². The van der Waals surface area contributed by atoms with Gasteiger partial charge in [-0.1, -0.05) is 37.3 Å². The number of aliphatic carboxylic acids is 1. The van der Waals surface area contributed by atoms with Crippen molar-refractivity contribution in [1.29, 1.82) is 5.26 Å². The maximum Gasteiger partial charge on any atom is 0.317 e. The summed E-state index contributed by atoms with van der Waals surface area (Å²) in [6, 6.07) is 15.2. The second kappa shape index (κ2) is 16.7. The molecule has 4 rings (SSSR count). The molecule has 45 heavy (non-hydrogen) atoms. The minimum atomic E-state index is -1.00. The van der Waals surface area contributed by atoms with Gasteiger partial charge in [0.25, 0.3) is 0 Å². The SMILES string of the molecule is CCCCSC(=S)SC(CC(C)(C#N)CCC(=O)OCc1cc(C)c(-c2ccc(-c3ccc(-c4sccc4C)s3)s2)s1)C(=O)O. The number of thiocarbonyl (C=S) groups is 1. The Morgan fingerprint density at radius 1 is 1.04 bits per heavy atom. The number of thiophene rings is 4. The molecule has 0 aliphatic heterocycles. The van der Waals surface area contributed by atoms with Crippen LogP contribution in [0.2, 0.25) is 0 Å². The van der Waals surface area contributed by atoms with Crippen LogP contribution in [0.1, 0.15) is 62.0 Å². The van der Waals surface area contributed by atoms with E-state index in [0.29, 0.717) is 3.53 Å². The van der Waals surface area contributed by atoms with Crippen molar-refractivity contribution in [2.45, 2.75) is 71.7 Å². The highest BCUT2D eigenvalue weighted by atomic mass is 32.2. The third-order valence-corrected chi connectivity index (χ3v) is 14.9. The molecule has 0 fully saturated rings. The summed E-state index contributed by atoms with van der Waals surface area (Å²) in [5.41, 5.74) is 1.45. The summed E-state index contributed by atoms with van der Waals surface area (Å²) < 4.78 is 6.16. The fraction of sp³-hybridized carbons (Fsp3) is 0.394. The predicted molar refractivity (Wildman–Crippen MR) is 200 cm³/mol. The molecular formula is C33H35NO4S7. The van der Waals surface area contributed by atoms with Crippen molar-refractivity contribution in [1.82, 2.24) is 0 Å². The lowest BCUT2D eigenvalue weighted by Crippen LogP contribution is -2.27. The summed E-state index contributed by atoms with van der Waals surface area (Å²) in [4.78, 5) is 33.0. The lowest BCUT2D eigenvalue weighted by Gasteiger charge is -2.24. The van der Waals surface area contributed by atoms with Gasteiger partial charge < -0.3 is 9.84 Å². The van der Waals surface area contributed by atoms with E-state index in [4.69, 9.17) is 17.0 Å². The molecule has 0 amide bonds. The summed E-state index contributed by atoms with van der Waals surface area (Å²) in [5.74, 6) is -0.554. The topological polar surface area (TPSA) is 87.4 Å². The summed E-state index contributed by atoms with van der Waals surface area (Å²) in [7, 11) is 0. The molecule has 0 aliphatic rings. The molecular weight excluding hydrogens is 699 g/mol. The number of aryl methyl sites for hydroxylation is 2. The number of carboxylic acid groups (broad SMARTS) is 1. The minimum Gasteiger partial charge on any atom is -0.480 e. The molecule has 0 spiro atoms. The van der Waals surface area contributed by atoms with E-state index in [1.54, 1.807) is 40.9 Å². The highest BCUT2D eigenvalue weighted by molar-refractivity contribution is 8.47. The maximum absolute atomic E-state index is 12.7. The van der Waals surface area contributed by atoms with Gasteiger partial charge in [-0.3, -0.25) is 9.59 Å². The molecule has 5 nitrogen and oxygen atoms in total. The van der Waals surface area contributed by atoms with Crippen molar-refractivity contribution in [2.24, 2.45) is 5.41 Å². The molecule has 12 heteroatoms. The van der Waals surface area contributed by atoms with E-state index in [0.717, 1.165) is 40.8 Å². The number of nitriles is 1. The third-order valence-electron chi connectivity index (χ3n) is 7.13. The molecule has 4 aromatic heterocycles. The lowest BCUT2D eigenvalue weighted by molar-refractivity contribution is -0.145.